The van der Waals surface area contributed by atoms with E-state index < -0.39 is 0 Å². The molecule has 100 valence electrons. The van der Waals surface area contributed by atoms with Crippen LogP contribution in [0.5, 0.6) is 5.75 Å². The van der Waals surface area contributed by atoms with Crippen LogP contribution in [0.1, 0.15) is 19.5 Å². The maximum Gasteiger partial charge on any atom is 0.259 e. The number of hydrogen-bond donors (Lipinski definition) is 1. The van der Waals surface area contributed by atoms with Crippen LogP contribution in [0.3, 0.4) is 0 Å². The quantitative estimate of drug-likeness (QED) is 0.913. The Hall–Kier alpha value is -2.03. The number of ether oxygens (including phenoxy) is 1. The number of rotatable bonds is 4. The SMILES string of the molecule is COc1cc(CC(C)C)[nH]c(=O)c1-c1ccccc1. The topological polar surface area (TPSA) is 42.1 Å². The van der Waals surface area contributed by atoms with Crippen molar-refractivity contribution in [3.05, 3.63) is 52.4 Å². The van der Waals surface area contributed by atoms with Crippen LogP contribution in [0, 0.1) is 5.92 Å². The zero-order valence-corrected chi connectivity index (χ0v) is 11.6. The van der Waals surface area contributed by atoms with E-state index in [1.807, 2.05) is 36.4 Å². The predicted octanol–water partition coefficient (Wildman–Crippen LogP) is 3.25. The van der Waals surface area contributed by atoms with Gasteiger partial charge >= 0.3 is 0 Å². The van der Waals surface area contributed by atoms with Crippen molar-refractivity contribution in [1.29, 1.82) is 0 Å². The van der Waals surface area contributed by atoms with E-state index in [-0.39, 0.29) is 5.56 Å². The monoisotopic (exact) mass is 257 g/mol. The first-order valence-electron chi connectivity index (χ1n) is 6.47. The molecule has 0 aliphatic heterocycles. The lowest BCUT2D eigenvalue weighted by atomic mass is 10.0. The molecule has 0 bridgehead atoms. The van der Waals surface area contributed by atoms with Crippen LogP contribution in [0.25, 0.3) is 11.1 Å². The van der Waals surface area contributed by atoms with E-state index >= 15 is 0 Å². The molecule has 2 rings (SSSR count). The molecule has 2 aromatic rings. The van der Waals surface area contributed by atoms with E-state index in [9.17, 15) is 4.79 Å². The molecule has 0 saturated carbocycles. The van der Waals surface area contributed by atoms with Crippen molar-refractivity contribution in [3.63, 3.8) is 0 Å². The number of hydrogen-bond acceptors (Lipinski definition) is 2. The fraction of sp³-hybridized carbons (Fsp3) is 0.312. The third-order valence-corrected chi connectivity index (χ3v) is 2.96. The van der Waals surface area contributed by atoms with E-state index in [0.29, 0.717) is 17.2 Å². The smallest absolute Gasteiger partial charge is 0.259 e. The third-order valence-electron chi connectivity index (χ3n) is 2.96. The number of H-pyrrole nitrogens is 1. The summed E-state index contributed by atoms with van der Waals surface area (Å²) in [5.41, 5.74) is 2.28. The number of benzene rings is 1. The summed E-state index contributed by atoms with van der Waals surface area (Å²) in [5.74, 6) is 1.12. The number of aromatic amines is 1. The van der Waals surface area contributed by atoms with Crippen LogP contribution >= 0.6 is 0 Å². The van der Waals surface area contributed by atoms with Crippen LogP contribution in [0.15, 0.2) is 41.2 Å². The van der Waals surface area contributed by atoms with Crippen molar-refractivity contribution in [2.24, 2.45) is 5.92 Å². The highest BCUT2D eigenvalue weighted by Crippen LogP contribution is 2.26. The van der Waals surface area contributed by atoms with Crippen molar-refractivity contribution < 1.29 is 4.74 Å². The molecule has 0 saturated heterocycles. The average molecular weight is 257 g/mol. The van der Waals surface area contributed by atoms with Crippen molar-refractivity contribution in [3.8, 4) is 16.9 Å². The molecule has 1 aromatic heterocycles. The summed E-state index contributed by atoms with van der Waals surface area (Å²) < 4.78 is 5.38. The van der Waals surface area contributed by atoms with Gasteiger partial charge in [0.15, 0.2) is 0 Å². The Balaban J connectivity index is 2.54. The lowest BCUT2D eigenvalue weighted by Gasteiger charge is -2.11. The van der Waals surface area contributed by atoms with Gasteiger partial charge in [0.05, 0.1) is 12.7 Å². The molecule has 0 radical (unpaired) electrons. The number of pyridine rings is 1. The molecule has 1 aromatic carbocycles. The minimum Gasteiger partial charge on any atom is -0.496 e. The van der Waals surface area contributed by atoms with Gasteiger partial charge in [0, 0.05) is 11.8 Å². The lowest BCUT2D eigenvalue weighted by molar-refractivity contribution is 0.414. The van der Waals surface area contributed by atoms with Crippen LogP contribution in [0.2, 0.25) is 0 Å². The van der Waals surface area contributed by atoms with Gasteiger partial charge in [-0.3, -0.25) is 4.79 Å². The van der Waals surface area contributed by atoms with Crippen molar-refractivity contribution in [1.82, 2.24) is 4.98 Å². The normalized spacial score (nSPS) is 10.7. The maximum absolute atomic E-state index is 12.3. The first-order chi connectivity index (χ1) is 9.11. The molecule has 3 heteroatoms. The molecule has 0 amide bonds. The van der Waals surface area contributed by atoms with Crippen LogP contribution in [-0.2, 0) is 6.42 Å². The van der Waals surface area contributed by atoms with Gasteiger partial charge in [0.25, 0.3) is 5.56 Å². The summed E-state index contributed by atoms with van der Waals surface area (Å²) in [5, 5.41) is 0. The zero-order valence-electron chi connectivity index (χ0n) is 11.6. The summed E-state index contributed by atoms with van der Waals surface area (Å²) in [6, 6.07) is 11.5. The zero-order chi connectivity index (χ0) is 13.8. The van der Waals surface area contributed by atoms with Crippen molar-refractivity contribution in [2.45, 2.75) is 20.3 Å². The second kappa shape index (κ2) is 5.74. The molecule has 0 fully saturated rings. The molecule has 0 aliphatic rings. The average Bonchev–Trinajstić information content (AvgIpc) is 2.38. The highest BCUT2D eigenvalue weighted by atomic mass is 16.5. The van der Waals surface area contributed by atoms with Gasteiger partial charge in [-0.25, -0.2) is 0 Å². The van der Waals surface area contributed by atoms with Crippen LogP contribution in [0.4, 0.5) is 0 Å². The van der Waals surface area contributed by atoms with Gasteiger partial charge in [-0.15, -0.1) is 0 Å². The van der Waals surface area contributed by atoms with Gasteiger partial charge in [0.1, 0.15) is 5.75 Å². The summed E-state index contributed by atoms with van der Waals surface area (Å²) in [6.07, 6.45) is 0.834. The molecule has 0 unspecified atom stereocenters. The summed E-state index contributed by atoms with van der Waals surface area (Å²) in [6.45, 7) is 4.24. The van der Waals surface area contributed by atoms with Crippen LogP contribution < -0.4 is 10.3 Å². The van der Waals surface area contributed by atoms with Gasteiger partial charge in [0.2, 0.25) is 0 Å². The van der Waals surface area contributed by atoms with E-state index in [0.717, 1.165) is 17.7 Å². The van der Waals surface area contributed by atoms with Crippen LogP contribution in [-0.4, -0.2) is 12.1 Å². The summed E-state index contributed by atoms with van der Waals surface area (Å²) in [4.78, 5) is 15.2. The number of nitrogens with one attached hydrogen (secondary N) is 1. The summed E-state index contributed by atoms with van der Waals surface area (Å²) in [7, 11) is 1.60. The molecule has 3 nitrogen and oxygen atoms in total. The Morgan fingerprint density at radius 1 is 1.21 bits per heavy atom. The Labute approximate surface area is 113 Å². The second-order valence-corrected chi connectivity index (χ2v) is 5.03. The van der Waals surface area contributed by atoms with Gasteiger partial charge < -0.3 is 9.72 Å². The molecule has 0 spiro atoms. The maximum atomic E-state index is 12.3. The highest BCUT2D eigenvalue weighted by Gasteiger charge is 2.12. The first kappa shape index (κ1) is 13.4. The fourth-order valence-corrected chi connectivity index (χ4v) is 2.18. The minimum atomic E-state index is -0.0961. The van der Waals surface area contributed by atoms with E-state index in [2.05, 4.69) is 18.8 Å². The molecular weight excluding hydrogens is 238 g/mol. The largest absolute Gasteiger partial charge is 0.496 e. The first-order valence-corrected chi connectivity index (χ1v) is 6.47. The Bertz CT molecular complexity index is 600. The third kappa shape index (κ3) is 3.05. The lowest BCUT2D eigenvalue weighted by Crippen LogP contribution is -2.14. The van der Waals surface area contributed by atoms with Gasteiger partial charge in [-0.2, -0.15) is 0 Å². The second-order valence-electron chi connectivity index (χ2n) is 5.03. The van der Waals surface area contributed by atoms with E-state index in [1.165, 1.54) is 0 Å². The number of methoxy groups -OCH3 is 1. The van der Waals surface area contributed by atoms with E-state index in [4.69, 9.17) is 4.74 Å². The van der Waals surface area contributed by atoms with Gasteiger partial charge in [-0.05, 0) is 17.9 Å². The predicted molar refractivity (Wildman–Crippen MR) is 77.6 cm³/mol. The summed E-state index contributed by atoms with van der Waals surface area (Å²) >= 11 is 0. The van der Waals surface area contributed by atoms with Gasteiger partial charge in [-0.1, -0.05) is 44.2 Å². The Morgan fingerprint density at radius 2 is 1.89 bits per heavy atom. The number of aromatic nitrogens is 1. The van der Waals surface area contributed by atoms with Crippen molar-refractivity contribution in [2.75, 3.05) is 7.11 Å². The standard InChI is InChI=1S/C16H19NO2/c1-11(2)9-13-10-14(19-3)15(16(18)17-13)12-7-5-4-6-8-12/h4-8,10-11H,9H2,1-3H3,(H,17,18). The molecule has 0 atom stereocenters. The molecular formula is C16H19NO2. The minimum absolute atomic E-state index is 0.0961. The molecule has 19 heavy (non-hydrogen) atoms. The Morgan fingerprint density at radius 3 is 2.47 bits per heavy atom. The highest BCUT2D eigenvalue weighted by molar-refractivity contribution is 5.69. The van der Waals surface area contributed by atoms with E-state index in [1.54, 1.807) is 7.11 Å². The fourth-order valence-electron chi connectivity index (χ4n) is 2.18. The molecule has 1 heterocycles. The van der Waals surface area contributed by atoms with Crippen molar-refractivity contribution >= 4 is 0 Å². The molecule has 1 N–H and O–H groups in total. The molecule has 0 aliphatic carbocycles. The Kier molecular flexibility index (Phi) is 4.05.